The second-order valence-electron chi connectivity index (χ2n) is 16.4. The topological polar surface area (TPSA) is 222 Å². The Balaban J connectivity index is 1.28. The minimum absolute atomic E-state index is 0.0209. The summed E-state index contributed by atoms with van der Waals surface area (Å²) in [4.78, 5) is 53.7. The van der Waals surface area contributed by atoms with E-state index in [2.05, 4.69) is 29.9 Å². The highest BCUT2D eigenvalue weighted by Crippen LogP contribution is 2.37. The SMILES string of the molecule is CCOc1nnc(O[C@@H]2C[C@@H](C(N)=O)N(C(=O)[C@@H](N=NC(=O)OC(C)(C)C(F)(F)F)C(C)C[C@@H](C)CC/C=C\[C@@H]3CCCC3C(=O)NS(=O)(=O)C3CC3)C2)c2ccccc12. The lowest BCUT2D eigenvalue weighted by Crippen LogP contribution is -2.49. The van der Waals surface area contributed by atoms with Crippen LogP contribution in [0.25, 0.3) is 10.8 Å². The van der Waals surface area contributed by atoms with Crippen molar-refractivity contribution in [2.45, 2.75) is 128 Å². The number of fused-ring (bicyclic) bond motifs is 1. The highest BCUT2D eigenvalue weighted by atomic mass is 32.2. The molecule has 2 saturated carbocycles. The second kappa shape index (κ2) is 19.2. The number of ether oxygens (including phenoxy) is 3. The molecule has 7 atom stereocenters. The van der Waals surface area contributed by atoms with E-state index in [1.165, 1.54) is 4.90 Å². The van der Waals surface area contributed by atoms with Crippen LogP contribution in [0.1, 0.15) is 92.4 Å². The highest BCUT2D eigenvalue weighted by Gasteiger charge is 2.51. The molecule has 3 N–H and O–H groups in total. The third-order valence-electron chi connectivity index (χ3n) is 11.2. The van der Waals surface area contributed by atoms with Crippen molar-refractivity contribution in [2.24, 2.45) is 39.6 Å². The van der Waals surface area contributed by atoms with E-state index in [1.807, 2.05) is 19.1 Å². The van der Waals surface area contributed by atoms with E-state index in [0.717, 1.165) is 12.8 Å². The quantitative estimate of drug-likeness (QED) is 0.127. The van der Waals surface area contributed by atoms with E-state index >= 15 is 0 Å². The fourth-order valence-corrected chi connectivity index (χ4v) is 9.03. The highest BCUT2D eigenvalue weighted by molar-refractivity contribution is 7.90. The molecule has 0 bridgehead atoms. The van der Waals surface area contributed by atoms with Crippen LogP contribution in [0.15, 0.2) is 46.6 Å². The first-order valence-corrected chi connectivity index (χ1v) is 21.8. The number of halogens is 3. The molecule has 3 fully saturated rings. The van der Waals surface area contributed by atoms with Gasteiger partial charge in [0, 0.05) is 12.3 Å². The summed E-state index contributed by atoms with van der Waals surface area (Å²) in [5.74, 6) is -2.86. The van der Waals surface area contributed by atoms with Crippen molar-refractivity contribution in [3.63, 3.8) is 0 Å². The normalized spacial score (nSPS) is 22.8. The molecular weight excluding hydrogens is 812 g/mol. The van der Waals surface area contributed by atoms with Gasteiger partial charge in [-0.3, -0.25) is 19.1 Å². The van der Waals surface area contributed by atoms with Gasteiger partial charge >= 0.3 is 12.3 Å². The predicted octanol–water partition coefficient (Wildman–Crippen LogP) is 6.18. The number of allylic oxidation sites excluding steroid dienone is 2. The lowest BCUT2D eigenvalue weighted by Gasteiger charge is -2.29. The second-order valence-corrected chi connectivity index (χ2v) is 18.4. The number of nitrogens with two attached hydrogens (primary N) is 1. The average Bonchev–Trinajstić information content (AvgIpc) is 3.79. The van der Waals surface area contributed by atoms with Gasteiger partial charge in [0.05, 0.1) is 29.2 Å². The Hall–Kier alpha value is -4.88. The van der Waals surface area contributed by atoms with Crippen LogP contribution in [0.5, 0.6) is 11.8 Å². The number of alkyl halides is 3. The third kappa shape index (κ3) is 11.5. The fraction of sp³-hybridized carbons (Fsp3) is 0.650. The van der Waals surface area contributed by atoms with E-state index in [-0.39, 0.29) is 30.7 Å². The number of sulfonamides is 1. The maximum atomic E-state index is 14.3. The minimum atomic E-state index is -4.91. The largest absolute Gasteiger partial charge is 0.476 e. The Labute approximate surface area is 347 Å². The maximum Gasteiger partial charge on any atom is 0.452 e. The lowest BCUT2D eigenvalue weighted by molar-refractivity contribution is -0.243. The van der Waals surface area contributed by atoms with Crippen LogP contribution < -0.4 is 19.9 Å². The molecule has 0 spiro atoms. The van der Waals surface area contributed by atoms with Crippen molar-refractivity contribution >= 4 is 44.6 Å². The van der Waals surface area contributed by atoms with Gasteiger partial charge in [-0.1, -0.05) is 49.7 Å². The molecule has 330 valence electrons. The van der Waals surface area contributed by atoms with Gasteiger partial charge in [-0.15, -0.1) is 10.2 Å². The number of likely N-dealkylation sites (tertiary alicyclic amines) is 1. The van der Waals surface area contributed by atoms with E-state index in [1.54, 1.807) is 38.1 Å². The number of nitrogens with zero attached hydrogens (tertiary/aromatic N) is 5. The van der Waals surface area contributed by atoms with E-state index in [4.69, 9.17) is 15.2 Å². The summed E-state index contributed by atoms with van der Waals surface area (Å²) in [6, 6.07) is 4.52. The summed E-state index contributed by atoms with van der Waals surface area (Å²) in [7, 11) is -3.64. The van der Waals surface area contributed by atoms with Crippen LogP contribution in [0.3, 0.4) is 0 Å². The number of carbonyl (C=O) groups excluding carboxylic acids is 4. The molecule has 1 saturated heterocycles. The van der Waals surface area contributed by atoms with Gasteiger partial charge in [-0.2, -0.15) is 18.3 Å². The van der Waals surface area contributed by atoms with Gasteiger partial charge in [-0.25, -0.2) is 13.2 Å². The molecule has 1 aliphatic heterocycles. The van der Waals surface area contributed by atoms with Crippen molar-refractivity contribution in [1.82, 2.24) is 19.8 Å². The Bertz CT molecular complexity index is 2060. The zero-order valence-electron chi connectivity index (χ0n) is 34.4. The molecule has 1 aromatic carbocycles. The molecule has 2 aliphatic carbocycles. The zero-order valence-corrected chi connectivity index (χ0v) is 35.2. The molecule has 1 aromatic heterocycles. The van der Waals surface area contributed by atoms with Crippen LogP contribution >= 0.6 is 0 Å². The predicted molar refractivity (Wildman–Crippen MR) is 212 cm³/mol. The van der Waals surface area contributed by atoms with Gasteiger partial charge in [0.1, 0.15) is 12.1 Å². The molecule has 20 heteroatoms. The number of primary amides is 1. The Kier molecular flexibility index (Phi) is 14.8. The molecule has 2 unspecified atom stereocenters. The standard InChI is InChI=1S/C40H54F3N7O9S/c1-6-57-35-29-15-9-10-16-30(29)36(47-46-35)58-26-21-31(33(44)51)50(22-26)37(53)32(45-48-38(54)59-39(4,5)40(41,42)43)24(3)20-23(2)12-7-8-13-25-14-11-17-28(25)34(52)49-60(55,56)27-18-19-27/h8-10,13,15-16,23-28,31-32H,6-7,11-12,14,17-22H2,1-5H3,(H2,44,51)(H,49,52)/b13-8-,48-45?/t23-,24?,25+,26+,28?,31-,32-/m0/s1. The summed E-state index contributed by atoms with van der Waals surface area (Å²) in [5.41, 5.74) is 2.88. The molecule has 16 nitrogen and oxygen atoms in total. The number of hydrogen-bond donors (Lipinski definition) is 2. The van der Waals surface area contributed by atoms with E-state index < -0.39 is 80.9 Å². The van der Waals surface area contributed by atoms with Crippen LogP contribution in [0.4, 0.5) is 18.0 Å². The summed E-state index contributed by atoms with van der Waals surface area (Å²) in [5, 5.41) is 16.4. The number of carbonyl (C=O) groups is 4. The number of rotatable bonds is 18. The lowest BCUT2D eigenvalue weighted by atomic mass is 9.88. The number of aromatic nitrogens is 2. The summed E-state index contributed by atoms with van der Waals surface area (Å²) >= 11 is 0. The summed E-state index contributed by atoms with van der Waals surface area (Å²) < 4.78 is 83.7. The first-order valence-electron chi connectivity index (χ1n) is 20.3. The molecule has 5 rings (SSSR count). The summed E-state index contributed by atoms with van der Waals surface area (Å²) in [6.45, 7) is 6.94. The number of nitrogens with one attached hydrogen (secondary N) is 1. The molecular formula is C40H54F3N7O9S. The molecule has 4 amide bonds. The first kappa shape index (κ1) is 46.2. The first-order chi connectivity index (χ1) is 28.2. The fourth-order valence-electron chi connectivity index (χ4n) is 7.68. The summed E-state index contributed by atoms with van der Waals surface area (Å²) in [6.07, 6.45) is 1.34. The van der Waals surface area contributed by atoms with Gasteiger partial charge in [0.15, 0.2) is 6.04 Å². The number of benzene rings is 1. The van der Waals surface area contributed by atoms with E-state index in [9.17, 15) is 40.8 Å². The molecule has 0 radical (unpaired) electrons. The number of amides is 4. The molecule has 60 heavy (non-hydrogen) atoms. The Morgan fingerprint density at radius 3 is 2.35 bits per heavy atom. The van der Waals surface area contributed by atoms with Gasteiger partial charge in [0.2, 0.25) is 45.1 Å². The number of azo groups is 1. The van der Waals surface area contributed by atoms with Crippen molar-refractivity contribution in [1.29, 1.82) is 0 Å². The molecule has 3 aliphatic rings. The molecule has 2 aromatic rings. The Morgan fingerprint density at radius 2 is 1.72 bits per heavy atom. The van der Waals surface area contributed by atoms with Gasteiger partial charge in [-0.05, 0) is 95.6 Å². The monoisotopic (exact) mass is 865 g/mol. The van der Waals surface area contributed by atoms with Crippen molar-refractivity contribution in [2.75, 3.05) is 13.2 Å². The van der Waals surface area contributed by atoms with Crippen molar-refractivity contribution in [3.8, 4) is 11.8 Å². The van der Waals surface area contributed by atoms with Crippen LogP contribution in [0, 0.1) is 23.7 Å². The maximum absolute atomic E-state index is 14.3. The molecule has 2 heterocycles. The van der Waals surface area contributed by atoms with Crippen LogP contribution in [-0.2, 0) is 29.1 Å². The minimum Gasteiger partial charge on any atom is -0.476 e. The number of hydrogen-bond acceptors (Lipinski definition) is 12. The van der Waals surface area contributed by atoms with Gasteiger partial charge in [0.25, 0.3) is 0 Å². The average molecular weight is 866 g/mol. The van der Waals surface area contributed by atoms with E-state index in [0.29, 0.717) is 75.6 Å². The van der Waals surface area contributed by atoms with Crippen molar-refractivity contribution < 1.29 is 55.0 Å². The van der Waals surface area contributed by atoms with Crippen LogP contribution in [0.2, 0.25) is 0 Å². The van der Waals surface area contributed by atoms with Crippen LogP contribution in [-0.4, -0.2) is 95.7 Å². The zero-order chi connectivity index (χ0) is 44.0. The third-order valence-corrected chi connectivity index (χ3v) is 13.1. The Morgan fingerprint density at radius 1 is 1.05 bits per heavy atom. The smallest absolute Gasteiger partial charge is 0.452 e. The van der Waals surface area contributed by atoms with Crippen molar-refractivity contribution in [3.05, 3.63) is 36.4 Å². The van der Waals surface area contributed by atoms with Gasteiger partial charge < -0.3 is 24.8 Å².